The van der Waals surface area contributed by atoms with Crippen LogP contribution in [-0.2, 0) is 0 Å². The Hall–Kier alpha value is -4.56. The molecule has 0 saturated carbocycles. The first-order valence-corrected chi connectivity index (χ1v) is 12.5. The fourth-order valence-corrected chi connectivity index (χ4v) is 3.66. The molecule has 0 fully saturated rings. The first-order valence-electron chi connectivity index (χ1n) is 12.1. The monoisotopic (exact) mass is 528 g/mol. The molecule has 0 unspecified atom stereocenters. The van der Waals surface area contributed by atoms with Gasteiger partial charge in [0.25, 0.3) is 5.91 Å². The third-order valence-corrected chi connectivity index (χ3v) is 5.40. The van der Waals surface area contributed by atoms with Crippen molar-refractivity contribution in [2.75, 3.05) is 31.7 Å². The van der Waals surface area contributed by atoms with E-state index in [0.29, 0.717) is 42.6 Å². The number of thiocarbonyl (C=S) groups is 1. The highest BCUT2D eigenvalue weighted by Gasteiger charge is 2.15. The summed E-state index contributed by atoms with van der Waals surface area (Å²) in [5.41, 5.74) is 0.985. The Morgan fingerprint density at radius 3 is 1.68 bits per heavy atom. The number of benzene rings is 4. The number of hydrogen-bond acceptors (Lipinski definition) is 6. The van der Waals surface area contributed by atoms with Gasteiger partial charge in [0.15, 0.2) is 5.11 Å². The highest BCUT2D eigenvalue weighted by atomic mass is 32.1. The molecule has 0 aliphatic heterocycles. The van der Waals surface area contributed by atoms with Crippen LogP contribution in [0.4, 0.5) is 5.69 Å². The van der Waals surface area contributed by atoms with Crippen molar-refractivity contribution in [1.29, 1.82) is 0 Å². The Morgan fingerprint density at radius 2 is 1.05 bits per heavy atom. The summed E-state index contributed by atoms with van der Waals surface area (Å²) in [6.07, 6.45) is 0. The molecule has 0 atom stereocenters. The molecule has 2 N–H and O–H groups in total. The van der Waals surface area contributed by atoms with Gasteiger partial charge in [-0.2, -0.15) is 0 Å². The molecule has 8 heteroatoms. The van der Waals surface area contributed by atoms with Gasteiger partial charge >= 0.3 is 0 Å². The molecule has 4 aromatic rings. The van der Waals surface area contributed by atoms with Crippen LogP contribution in [0.2, 0.25) is 0 Å². The molecule has 0 aromatic heterocycles. The van der Waals surface area contributed by atoms with Gasteiger partial charge in [0.05, 0.1) is 11.3 Å². The molecular formula is C30H28N2O5S. The van der Waals surface area contributed by atoms with E-state index >= 15 is 0 Å². The molecule has 0 spiro atoms. The number of para-hydroxylation sites is 5. The summed E-state index contributed by atoms with van der Waals surface area (Å²) in [5.74, 6) is 2.16. The summed E-state index contributed by atoms with van der Waals surface area (Å²) < 4.78 is 23.0. The van der Waals surface area contributed by atoms with Crippen LogP contribution in [0, 0.1) is 0 Å². The second kappa shape index (κ2) is 14.2. The van der Waals surface area contributed by atoms with Crippen molar-refractivity contribution in [3.63, 3.8) is 0 Å². The van der Waals surface area contributed by atoms with E-state index in [4.69, 9.17) is 31.2 Å². The van der Waals surface area contributed by atoms with Gasteiger partial charge in [0, 0.05) is 0 Å². The van der Waals surface area contributed by atoms with Gasteiger partial charge in [-0.05, 0) is 60.7 Å². The third kappa shape index (κ3) is 8.25. The lowest BCUT2D eigenvalue weighted by Gasteiger charge is -2.15. The second-order valence-corrected chi connectivity index (χ2v) is 8.33. The Bertz CT molecular complexity index is 1320. The standard InChI is InChI=1S/C30H28N2O5S/c33-29(25-15-7-9-17-27(25)36-21-19-34-23-11-3-1-4-12-23)32-30(38)31-26-16-8-10-18-28(26)37-22-20-35-24-13-5-2-6-14-24/h1-18H,19-22H2,(H2,31,32,33,38). The number of amides is 1. The fraction of sp³-hybridized carbons (Fsp3) is 0.133. The molecule has 194 valence electrons. The summed E-state index contributed by atoms with van der Waals surface area (Å²) in [4.78, 5) is 13.0. The lowest BCUT2D eigenvalue weighted by molar-refractivity contribution is 0.0972. The SMILES string of the molecule is O=C(NC(=S)Nc1ccccc1OCCOc1ccccc1)c1ccccc1OCCOc1ccccc1. The Kier molecular flexibility index (Phi) is 9.94. The Morgan fingerprint density at radius 1 is 0.579 bits per heavy atom. The maximum atomic E-state index is 13.0. The summed E-state index contributed by atoms with van der Waals surface area (Å²) in [6.45, 7) is 1.34. The first-order chi connectivity index (χ1) is 18.7. The van der Waals surface area contributed by atoms with E-state index in [1.54, 1.807) is 24.3 Å². The Labute approximate surface area is 227 Å². The average molecular weight is 529 g/mol. The molecule has 0 heterocycles. The Balaban J connectivity index is 1.27. The molecule has 7 nitrogen and oxygen atoms in total. The fourth-order valence-electron chi connectivity index (χ4n) is 3.46. The van der Waals surface area contributed by atoms with Gasteiger partial charge in [-0.3, -0.25) is 10.1 Å². The molecule has 0 aliphatic rings. The van der Waals surface area contributed by atoms with Gasteiger partial charge in [-0.25, -0.2) is 0 Å². The van der Waals surface area contributed by atoms with E-state index in [1.807, 2.05) is 84.9 Å². The smallest absolute Gasteiger partial charge is 0.261 e. The number of hydrogen-bond donors (Lipinski definition) is 2. The highest BCUT2D eigenvalue weighted by molar-refractivity contribution is 7.80. The van der Waals surface area contributed by atoms with Crippen LogP contribution in [0.25, 0.3) is 0 Å². The second-order valence-electron chi connectivity index (χ2n) is 7.92. The zero-order valence-electron chi connectivity index (χ0n) is 20.7. The van der Waals surface area contributed by atoms with E-state index in [0.717, 1.165) is 11.5 Å². The number of rotatable bonds is 12. The topological polar surface area (TPSA) is 78.1 Å². The number of anilines is 1. The van der Waals surface area contributed by atoms with Crippen LogP contribution in [0.3, 0.4) is 0 Å². The largest absolute Gasteiger partial charge is 0.490 e. The number of carbonyl (C=O) groups is 1. The van der Waals surface area contributed by atoms with Crippen molar-refractivity contribution in [3.8, 4) is 23.0 Å². The predicted molar refractivity (Wildman–Crippen MR) is 151 cm³/mol. The molecule has 38 heavy (non-hydrogen) atoms. The maximum absolute atomic E-state index is 13.0. The number of ether oxygens (including phenoxy) is 4. The normalized spacial score (nSPS) is 10.2. The van der Waals surface area contributed by atoms with Crippen molar-refractivity contribution in [2.24, 2.45) is 0 Å². The molecular weight excluding hydrogens is 500 g/mol. The van der Waals surface area contributed by atoms with E-state index in [1.165, 1.54) is 0 Å². The average Bonchev–Trinajstić information content (AvgIpc) is 2.95. The molecule has 1 amide bonds. The van der Waals surface area contributed by atoms with E-state index in [-0.39, 0.29) is 11.7 Å². The molecule has 0 aliphatic carbocycles. The van der Waals surface area contributed by atoms with Crippen molar-refractivity contribution in [2.45, 2.75) is 0 Å². The molecule has 0 saturated heterocycles. The lowest BCUT2D eigenvalue weighted by Crippen LogP contribution is -2.34. The third-order valence-electron chi connectivity index (χ3n) is 5.20. The minimum Gasteiger partial charge on any atom is -0.490 e. The van der Waals surface area contributed by atoms with Gasteiger partial charge in [-0.15, -0.1) is 0 Å². The minimum atomic E-state index is -0.392. The summed E-state index contributed by atoms with van der Waals surface area (Å²) >= 11 is 5.39. The van der Waals surface area contributed by atoms with Crippen LogP contribution in [0.5, 0.6) is 23.0 Å². The van der Waals surface area contributed by atoms with Crippen molar-refractivity contribution in [3.05, 3.63) is 115 Å². The summed E-state index contributed by atoms with van der Waals surface area (Å²) in [7, 11) is 0. The van der Waals surface area contributed by atoms with E-state index in [2.05, 4.69) is 10.6 Å². The summed E-state index contributed by atoms with van der Waals surface area (Å²) in [6, 6.07) is 33.3. The minimum absolute atomic E-state index is 0.133. The zero-order valence-corrected chi connectivity index (χ0v) is 21.5. The van der Waals surface area contributed by atoms with Gasteiger partial charge in [-0.1, -0.05) is 60.7 Å². The van der Waals surface area contributed by atoms with Crippen LogP contribution >= 0.6 is 12.2 Å². The number of carbonyl (C=O) groups excluding carboxylic acids is 1. The molecule has 4 rings (SSSR count). The first kappa shape index (κ1) is 26.5. The van der Waals surface area contributed by atoms with E-state index in [9.17, 15) is 4.79 Å². The van der Waals surface area contributed by atoms with Gasteiger partial charge < -0.3 is 24.3 Å². The van der Waals surface area contributed by atoms with Crippen LogP contribution < -0.4 is 29.6 Å². The number of nitrogens with one attached hydrogen (secondary N) is 2. The van der Waals surface area contributed by atoms with Crippen LogP contribution in [0.15, 0.2) is 109 Å². The zero-order chi connectivity index (χ0) is 26.4. The quantitative estimate of drug-likeness (QED) is 0.180. The van der Waals surface area contributed by atoms with Crippen LogP contribution in [-0.4, -0.2) is 37.4 Å². The van der Waals surface area contributed by atoms with Crippen molar-refractivity contribution < 1.29 is 23.7 Å². The molecule has 0 radical (unpaired) electrons. The van der Waals surface area contributed by atoms with E-state index < -0.39 is 5.91 Å². The van der Waals surface area contributed by atoms with Gasteiger partial charge in [0.2, 0.25) is 0 Å². The highest BCUT2D eigenvalue weighted by Crippen LogP contribution is 2.24. The predicted octanol–water partition coefficient (Wildman–Crippen LogP) is 5.73. The molecule has 4 aromatic carbocycles. The van der Waals surface area contributed by atoms with Crippen molar-refractivity contribution >= 4 is 28.9 Å². The molecule has 0 bridgehead atoms. The van der Waals surface area contributed by atoms with Crippen LogP contribution in [0.1, 0.15) is 10.4 Å². The summed E-state index contributed by atoms with van der Waals surface area (Å²) in [5, 5.41) is 5.87. The van der Waals surface area contributed by atoms with Gasteiger partial charge in [0.1, 0.15) is 49.4 Å². The maximum Gasteiger partial charge on any atom is 0.261 e. The van der Waals surface area contributed by atoms with Crippen molar-refractivity contribution in [1.82, 2.24) is 5.32 Å². The lowest BCUT2D eigenvalue weighted by atomic mass is 10.2.